The fourth-order valence-electron chi connectivity index (χ4n) is 3.34. The molecule has 0 aromatic heterocycles. The molecule has 0 spiro atoms. The van der Waals surface area contributed by atoms with Crippen LogP contribution in [0, 0.1) is 17.7 Å². The van der Waals surface area contributed by atoms with Crippen molar-refractivity contribution >= 4 is 15.9 Å². The van der Waals surface area contributed by atoms with Crippen LogP contribution in [-0.4, -0.2) is 24.5 Å². The van der Waals surface area contributed by atoms with Crippen LogP contribution in [0.15, 0.2) is 22.7 Å². The lowest BCUT2D eigenvalue weighted by molar-refractivity contribution is 0.203. The third-order valence-corrected chi connectivity index (χ3v) is 5.39. The molecule has 0 bridgehead atoms. The maximum atomic E-state index is 13.8. The summed E-state index contributed by atoms with van der Waals surface area (Å²) in [6, 6.07) is 5.50. The number of likely N-dealkylation sites (tertiary alicyclic amines) is 1. The summed E-state index contributed by atoms with van der Waals surface area (Å²) >= 11 is 3.21. The number of nitrogens with zero attached hydrogens (tertiary/aromatic N) is 1. The van der Waals surface area contributed by atoms with Crippen LogP contribution in [0.4, 0.5) is 4.39 Å². The van der Waals surface area contributed by atoms with Gasteiger partial charge in [0, 0.05) is 12.6 Å². The van der Waals surface area contributed by atoms with Crippen molar-refractivity contribution in [2.24, 2.45) is 17.6 Å². The highest BCUT2D eigenvalue weighted by atomic mass is 79.9. The molecule has 0 saturated carbocycles. The van der Waals surface area contributed by atoms with Gasteiger partial charge < -0.3 is 5.73 Å². The van der Waals surface area contributed by atoms with E-state index >= 15 is 0 Å². The molecular weight excluding hydrogens is 331 g/mol. The minimum absolute atomic E-state index is 0.124. The Kier molecular flexibility index (Phi) is 6.20. The first kappa shape index (κ1) is 16.9. The Bertz CT molecular complexity index is 464. The number of halogens is 2. The number of hydrogen-bond donors (Lipinski definition) is 1. The molecule has 1 saturated heterocycles. The Balaban J connectivity index is 2.11. The van der Waals surface area contributed by atoms with E-state index in [0.717, 1.165) is 30.5 Å². The van der Waals surface area contributed by atoms with Crippen LogP contribution in [0.5, 0.6) is 0 Å². The van der Waals surface area contributed by atoms with Crippen molar-refractivity contribution in [2.75, 3.05) is 19.6 Å². The molecule has 0 radical (unpaired) electrons. The molecule has 2 rings (SSSR count). The van der Waals surface area contributed by atoms with Gasteiger partial charge in [0.1, 0.15) is 5.82 Å². The zero-order chi connectivity index (χ0) is 15.4. The second-order valence-electron chi connectivity index (χ2n) is 6.40. The maximum Gasteiger partial charge on any atom is 0.137 e. The first-order chi connectivity index (χ1) is 10.0. The zero-order valence-electron chi connectivity index (χ0n) is 13.0. The molecule has 1 aromatic carbocycles. The zero-order valence-corrected chi connectivity index (χ0v) is 14.6. The first-order valence-electron chi connectivity index (χ1n) is 7.92. The van der Waals surface area contributed by atoms with Crippen LogP contribution in [0.2, 0.25) is 0 Å². The molecule has 118 valence electrons. The fraction of sp³-hybridized carbons (Fsp3) is 0.647. The Hall–Kier alpha value is -0.450. The van der Waals surface area contributed by atoms with Gasteiger partial charge >= 0.3 is 0 Å². The molecule has 2 N–H and O–H groups in total. The second-order valence-corrected chi connectivity index (χ2v) is 7.25. The van der Waals surface area contributed by atoms with Gasteiger partial charge in [-0.05, 0) is 77.8 Å². The number of rotatable bonds is 4. The molecule has 0 amide bonds. The normalized spacial score (nSPS) is 22.3. The lowest BCUT2D eigenvalue weighted by Gasteiger charge is -2.30. The summed E-state index contributed by atoms with van der Waals surface area (Å²) in [5.41, 5.74) is 6.98. The highest BCUT2D eigenvalue weighted by Gasteiger charge is 2.25. The van der Waals surface area contributed by atoms with Gasteiger partial charge in [0.15, 0.2) is 0 Å². The lowest BCUT2D eigenvalue weighted by atomic mass is 9.89. The van der Waals surface area contributed by atoms with E-state index in [1.54, 1.807) is 12.1 Å². The van der Waals surface area contributed by atoms with Crippen LogP contribution < -0.4 is 5.73 Å². The summed E-state index contributed by atoms with van der Waals surface area (Å²) in [7, 11) is 0. The molecule has 1 heterocycles. The predicted molar refractivity (Wildman–Crippen MR) is 89.6 cm³/mol. The molecule has 2 atom stereocenters. The van der Waals surface area contributed by atoms with Gasteiger partial charge in [-0.25, -0.2) is 4.39 Å². The van der Waals surface area contributed by atoms with E-state index in [2.05, 4.69) is 34.7 Å². The predicted octanol–water partition coefficient (Wildman–Crippen LogP) is 4.35. The third-order valence-electron chi connectivity index (χ3n) is 4.74. The minimum atomic E-state index is -0.208. The summed E-state index contributed by atoms with van der Waals surface area (Å²) < 4.78 is 14.3. The summed E-state index contributed by atoms with van der Waals surface area (Å²) in [4.78, 5) is 2.44. The fourth-order valence-corrected chi connectivity index (χ4v) is 3.58. The summed E-state index contributed by atoms with van der Waals surface area (Å²) in [6.45, 7) is 7.27. The molecule has 1 aliphatic rings. The van der Waals surface area contributed by atoms with Gasteiger partial charge in [-0.2, -0.15) is 0 Å². The smallest absolute Gasteiger partial charge is 0.137 e. The van der Waals surface area contributed by atoms with Crippen molar-refractivity contribution in [1.29, 1.82) is 0 Å². The van der Waals surface area contributed by atoms with E-state index in [1.165, 1.54) is 19.3 Å². The van der Waals surface area contributed by atoms with E-state index in [-0.39, 0.29) is 11.9 Å². The van der Waals surface area contributed by atoms with Crippen molar-refractivity contribution in [3.63, 3.8) is 0 Å². The minimum Gasteiger partial charge on any atom is -0.329 e. The van der Waals surface area contributed by atoms with E-state index in [9.17, 15) is 4.39 Å². The largest absolute Gasteiger partial charge is 0.329 e. The Morgan fingerprint density at radius 1 is 1.33 bits per heavy atom. The van der Waals surface area contributed by atoms with Crippen molar-refractivity contribution in [1.82, 2.24) is 4.90 Å². The number of benzene rings is 1. The molecule has 4 heteroatoms. The molecule has 2 unspecified atom stereocenters. The quantitative estimate of drug-likeness (QED) is 0.868. The van der Waals surface area contributed by atoms with Gasteiger partial charge in [0.05, 0.1) is 4.47 Å². The summed E-state index contributed by atoms with van der Waals surface area (Å²) in [5.74, 6) is 1.34. The molecule has 1 aliphatic heterocycles. The average molecular weight is 357 g/mol. The standard InChI is InChI=1S/C17H26BrFN2/c1-12(2)13-4-3-8-21(9-7-13)17(11-20)14-5-6-15(18)16(19)10-14/h5-6,10,12-13,17H,3-4,7-9,11,20H2,1-2H3. The van der Waals surface area contributed by atoms with Crippen LogP contribution in [0.25, 0.3) is 0 Å². The SMILES string of the molecule is CC(C)C1CCCN(C(CN)c2ccc(Br)c(F)c2)CC1. The van der Waals surface area contributed by atoms with Crippen LogP contribution in [-0.2, 0) is 0 Å². The van der Waals surface area contributed by atoms with Gasteiger partial charge in [-0.15, -0.1) is 0 Å². The monoisotopic (exact) mass is 356 g/mol. The van der Waals surface area contributed by atoms with E-state index in [1.807, 2.05) is 6.07 Å². The molecule has 1 fully saturated rings. The van der Waals surface area contributed by atoms with Gasteiger partial charge in [0.25, 0.3) is 0 Å². The summed E-state index contributed by atoms with van der Waals surface area (Å²) in [6.07, 6.45) is 3.71. The van der Waals surface area contributed by atoms with Crippen molar-refractivity contribution in [2.45, 2.75) is 39.2 Å². The molecule has 21 heavy (non-hydrogen) atoms. The Morgan fingerprint density at radius 3 is 2.71 bits per heavy atom. The lowest BCUT2D eigenvalue weighted by Crippen LogP contribution is -2.34. The molecule has 1 aromatic rings. The Labute approximate surface area is 136 Å². The molecule has 0 aliphatic carbocycles. The van der Waals surface area contributed by atoms with Crippen molar-refractivity contribution < 1.29 is 4.39 Å². The van der Waals surface area contributed by atoms with Crippen LogP contribution in [0.1, 0.15) is 44.7 Å². The van der Waals surface area contributed by atoms with Gasteiger partial charge in [-0.3, -0.25) is 4.90 Å². The van der Waals surface area contributed by atoms with Crippen molar-refractivity contribution in [3.05, 3.63) is 34.1 Å². The number of nitrogens with two attached hydrogens (primary N) is 1. The second kappa shape index (κ2) is 7.70. The first-order valence-corrected chi connectivity index (χ1v) is 8.71. The Morgan fingerprint density at radius 2 is 2.10 bits per heavy atom. The van der Waals surface area contributed by atoms with Crippen molar-refractivity contribution in [3.8, 4) is 0 Å². The summed E-state index contributed by atoms with van der Waals surface area (Å²) in [5, 5.41) is 0. The van der Waals surface area contributed by atoms with Crippen LogP contribution in [0.3, 0.4) is 0 Å². The molecular formula is C17H26BrFN2. The molecule has 2 nitrogen and oxygen atoms in total. The van der Waals surface area contributed by atoms with Gasteiger partial charge in [-0.1, -0.05) is 19.9 Å². The third kappa shape index (κ3) is 4.27. The van der Waals surface area contributed by atoms with E-state index in [4.69, 9.17) is 5.73 Å². The van der Waals surface area contributed by atoms with E-state index < -0.39 is 0 Å². The topological polar surface area (TPSA) is 29.3 Å². The number of hydrogen-bond acceptors (Lipinski definition) is 2. The highest BCUT2D eigenvalue weighted by molar-refractivity contribution is 9.10. The van der Waals surface area contributed by atoms with Crippen LogP contribution >= 0.6 is 15.9 Å². The van der Waals surface area contributed by atoms with E-state index in [0.29, 0.717) is 11.0 Å². The highest BCUT2D eigenvalue weighted by Crippen LogP contribution is 2.30. The van der Waals surface area contributed by atoms with Gasteiger partial charge in [0.2, 0.25) is 0 Å². The maximum absolute atomic E-state index is 13.8. The average Bonchev–Trinajstić information content (AvgIpc) is 2.70.